The predicted molar refractivity (Wildman–Crippen MR) is 94.6 cm³/mol. The summed E-state index contributed by atoms with van der Waals surface area (Å²) in [5.74, 6) is 1.32. The van der Waals surface area contributed by atoms with E-state index in [1.54, 1.807) is 12.3 Å². The van der Waals surface area contributed by atoms with Crippen molar-refractivity contribution in [3.63, 3.8) is 0 Å². The molecule has 1 heterocycles. The van der Waals surface area contributed by atoms with Crippen LogP contribution in [0.5, 0.6) is 11.5 Å². The Hall–Kier alpha value is -3.14. The molecule has 0 aliphatic carbocycles. The van der Waals surface area contributed by atoms with E-state index < -0.39 is 0 Å². The SMILES string of the molecule is Cc1cccc(Oc2ccc(NC(=O)c3ccc(C)nc3)cc2)c1. The first-order chi connectivity index (χ1) is 11.6. The molecule has 24 heavy (non-hydrogen) atoms. The molecule has 0 aliphatic heterocycles. The first-order valence-corrected chi connectivity index (χ1v) is 7.69. The fourth-order valence-electron chi connectivity index (χ4n) is 2.23. The number of amides is 1. The van der Waals surface area contributed by atoms with Crippen LogP contribution in [-0.2, 0) is 0 Å². The van der Waals surface area contributed by atoms with E-state index in [-0.39, 0.29) is 5.91 Å². The second-order valence-corrected chi connectivity index (χ2v) is 5.59. The first-order valence-electron chi connectivity index (χ1n) is 7.69. The van der Waals surface area contributed by atoms with Crippen molar-refractivity contribution < 1.29 is 9.53 Å². The predicted octanol–water partition coefficient (Wildman–Crippen LogP) is 4.74. The van der Waals surface area contributed by atoms with Gasteiger partial charge in [-0.15, -0.1) is 0 Å². The molecular weight excluding hydrogens is 300 g/mol. The average molecular weight is 318 g/mol. The Morgan fingerprint density at radius 2 is 1.75 bits per heavy atom. The van der Waals surface area contributed by atoms with Gasteiger partial charge in [-0.3, -0.25) is 9.78 Å². The largest absolute Gasteiger partial charge is 0.457 e. The van der Waals surface area contributed by atoms with E-state index in [4.69, 9.17) is 4.74 Å². The number of aryl methyl sites for hydroxylation is 2. The molecule has 3 aromatic rings. The van der Waals surface area contributed by atoms with Crippen LogP contribution in [0.1, 0.15) is 21.6 Å². The molecule has 1 aromatic heterocycles. The molecule has 0 radical (unpaired) electrons. The van der Waals surface area contributed by atoms with Crippen molar-refractivity contribution in [2.75, 3.05) is 5.32 Å². The average Bonchev–Trinajstić information content (AvgIpc) is 2.57. The maximum absolute atomic E-state index is 12.2. The van der Waals surface area contributed by atoms with Crippen LogP contribution in [0, 0.1) is 13.8 Å². The number of nitrogens with zero attached hydrogens (tertiary/aromatic N) is 1. The third-order valence-electron chi connectivity index (χ3n) is 3.51. The molecule has 0 spiro atoms. The summed E-state index contributed by atoms with van der Waals surface area (Å²) in [4.78, 5) is 16.3. The number of anilines is 1. The van der Waals surface area contributed by atoms with Crippen molar-refractivity contribution in [3.05, 3.63) is 83.7 Å². The van der Waals surface area contributed by atoms with E-state index in [9.17, 15) is 4.79 Å². The zero-order valence-electron chi connectivity index (χ0n) is 13.6. The van der Waals surface area contributed by atoms with Gasteiger partial charge >= 0.3 is 0 Å². The van der Waals surface area contributed by atoms with Gasteiger partial charge in [-0.05, 0) is 67.9 Å². The van der Waals surface area contributed by atoms with Crippen LogP contribution >= 0.6 is 0 Å². The van der Waals surface area contributed by atoms with E-state index >= 15 is 0 Å². The summed E-state index contributed by atoms with van der Waals surface area (Å²) in [5.41, 5.74) is 3.25. The van der Waals surface area contributed by atoms with Crippen LogP contribution in [0.4, 0.5) is 5.69 Å². The number of carbonyl (C=O) groups excluding carboxylic acids is 1. The van der Waals surface area contributed by atoms with E-state index in [0.29, 0.717) is 11.3 Å². The summed E-state index contributed by atoms with van der Waals surface area (Å²) in [5, 5.41) is 2.84. The zero-order chi connectivity index (χ0) is 16.9. The summed E-state index contributed by atoms with van der Waals surface area (Å²) in [7, 11) is 0. The smallest absolute Gasteiger partial charge is 0.257 e. The molecule has 4 heteroatoms. The molecule has 2 aromatic carbocycles. The van der Waals surface area contributed by atoms with Gasteiger partial charge in [0, 0.05) is 17.6 Å². The summed E-state index contributed by atoms with van der Waals surface area (Å²) in [6, 6.07) is 18.7. The third-order valence-corrected chi connectivity index (χ3v) is 3.51. The molecule has 1 N–H and O–H groups in total. The van der Waals surface area contributed by atoms with Crippen LogP contribution in [0.25, 0.3) is 0 Å². The molecule has 0 aliphatic rings. The summed E-state index contributed by atoms with van der Waals surface area (Å²) in [6.07, 6.45) is 1.57. The van der Waals surface area contributed by atoms with Gasteiger partial charge in [0.25, 0.3) is 5.91 Å². The molecule has 1 amide bonds. The van der Waals surface area contributed by atoms with Gasteiger partial charge in [0.2, 0.25) is 0 Å². The normalized spacial score (nSPS) is 10.2. The minimum Gasteiger partial charge on any atom is -0.457 e. The second kappa shape index (κ2) is 6.96. The number of nitrogens with one attached hydrogen (secondary N) is 1. The Balaban J connectivity index is 1.66. The van der Waals surface area contributed by atoms with E-state index in [1.807, 2.05) is 68.4 Å². The molecule has 0 fully saturated rings. The number of ether oxygens (including phenoxy) is 1. The number of benzene rings is 2. The van der Waals surface area contributed by atoms with Crippen LogP contribution in [0.2, 0.25) is 0 Å². The molecule has 120 valence electrons. The molecule has 0 unspecified atom stereocenters. The maximum Gasteiger partial charge on any atom is 0.257 e. The van der Waals surface area contributed by atoms with Crippen LogP contribution in [-0.4, -0.2) is 10.9 Å². The van der Waals surface area contributed by atoms with Crippen molar-refractivity contribution in [2.45, 2.75) is 13.8 Å². The molecule has 0 bridgehead atoms. The Morgan fingerprint density at radius 3 is 2.42 bits per heavy atom. The van der Waals surface area contributed by atoms with Crippen molar-refractivity contribution in [3.8, 4) is 11.5 Å². The Bertz CT molecular complexity index is 840. The molecule has 0 saturated carbocycles. The maximum atomic E-state index is 12.2. The fourth-order valence-corrected chi connectivity index (χ4v) is 2.23. The number of carbonyl (C=O) groups is 1. The topological polar surface area (TPSA) is 51.2 Å². The Labute approximate surface area is 141 Å². The number of aromatic nitrogens is 1. The summed E-state index contributed by atoms with van der Waals surface area (Å²) >= 11 is 0. The lowest BCUT2D eigenvalue weighted by Gasteiger charge is -2.08. The molecule has 0 saturated heterocycles. The van der Waals surface area contributed by atoms with Gasteiger partial charge in [-0.2, -0.15) is 0 Å². The van der Waals surface area contributed by atoms with Crippen LogP contribution in [0.15, 0.2) is 66.9 Å². The highest BCUT2D eigenvalue weighted by atomic mass is 16.5. The second-order valence-electron chi connectivity index (χ2n) is 5.59. The Kier molecular flexibility index (Phi) is 4.57. The zero-order valence-corrected chi connectivity index (χ0v) is 13.6. The number of hydrogen-bond acceptors (Lipinski definition) is 3. The van der Waals surface area contributed by atoms with Crippen LogP contribution in [0.3, 0.4) is 0 Å². The van der Waals surface area contributed by atoms with Gasteiger partial charge in [-0.25, -0.2) is 0 Å². The van der Waals surface area contributed by atoms with E-state index in [0.717, 1.165) is 22.8 Å². The van der Waals surface area contributed by atoms with Gasteiger partial charge in [0.1, 0.15) is 11.5 Å². The highest BCUT2D eigenvalue weighted by Gasteiger charge is 2.06. The number of rotatable bonds is 4. The summed E-state index contributed by atoms with van der Waals surface area (Å²) in [6.45, 7) is 3.90. The van der Waals surface area contributed by atoms with Gasteiger partial charge in [0.05, 0.1) is 5.56 Å². The van der Waals surface area contributed by atoms with Crippen molar-refractivity contribution >= 4 is 11.6 Å². The molecule has 4 nitrogen and oxygen atoms in total. The first kappa shape index (κ1) is 15.7. The van der Waals surface area contributed by atoms with Crippen molar-refractivity contribution in [1.82, 2.24) is 4.98 Å². The van der Waals surface area contributed by atoms with Crippen molar-refractivity contribution in [2.24, 2.45) is 0 Å². The lowest BCUT2D eigenvalue weighted by molar-refractivity contribution is 0.102. The van der Waals surface area contributed by atoms with Crippen LogP contribution < -0.4 is 10.1 Å². The minimum atomic E-state index is -0.185. The third kappa shape index (κ3) is 3.98. The molecule has 0 atom stereocenters. The molecule has 3 rings (SSSR count). The quantitative estimate of drug-likeness (QED) is 0.755. The van der Waals surface area contributed by atoms with Gasteiger partial charge in [0.15, 0.2) is 0 Å². The Morgan fingerprint density at radius 1 is 0.958 bits per heavy atom. The fraction of sp³-hybridized carbons (Fsp3) is 0.100. The highest BCUT2D eigenvalue weighted by Crippen LogP contribution is 2.23. The number of hydrogen-bond donors (Lipinski definition) is 1. The highest BCUT2D eigenvalue weighted by molar-refractivity contribution is 6.04. The lowest BCUT2D eigenvalue weighted by atomic mass is 10.2. The van der Waals surface area contributed by atoms with Gasteiger partial charge < -0.3 is 10.1 Å². The minimum absolute atomic E-state index is 0.185. The standard InChI is InChI=1S/C20H18N2O2/c1-14-4-3-5-19(12-14)24-18-10-8-17(9-11-18)22-20(23)16-7-6-15(2)21-13-16/h3-13H,1-2H3,(H,22,23). The monoisotopic (exact) mass is 318 g/mol. The lowest BCUT2D eigenvalue weighted by Crippen LogP contribution is -2.12. The van der Waals surface area contributed by atoms with Crippen molar-refractivity contribution in [1.29, 1.82) is 0 Å². The van der Waals surface area contributed by atoms with Gasteiger partial charge in [-0.1, -0.05) is 12.1 Å². The number of pyridine rings is 1. The van der Waals surface area contributed by atoms with E-state index in [2.05, 4.69) is 10.3 Å². The van der Waals surface area contributed by atoms with E-state index in [1.165, 1.54) is 0 Å². The molecular formula is C20H18N2O2. The summed E-state index contributed by atoms with van der Waals surface area (Å²) < 4.78 is 5.79.